The number of H-pyrrole nitrogens is 1. The van der Waals surface area contributed by atoms with Gasteiger partial charge in [-0.2, -0.15) is 0 Å². The molecule has 0 unspecified atom stereocenters. The third-order valence-corrected chi connectivity index (χ3v) is 1.58. The van der Waals surface area contributed by atoms with Gasteiger partial charge in [-0.3, -0.25) is 0 Å². The van der Waals surface area contributed by atoms with Crippen LogP contribution in [-0.2, 0) is 6.61 Å². The Morgan fingerprint density at radius 2 is 2.36 bits per heavy atom. The van der Waals surface area contributed by atoms with E-state index in [1.165, 1.54) is 0 Å². The maximum atomic E-state index is 8.88. The molecule has 0 atom stereocenters. The summed E-state index contributed by atoms with van der Waals surface area (Å²) in [7, 11) is 0. The maximum Gasteiger partial charge on any atom is 0.177 e. The van der Waals surface area contributed by atoms with Crippen LogP contribution in [0.15, 0.2) is 18.6 Å². The fourth-order valence-corrected chi connectivity index (χ4v) is 1.03. The van der Waals surface area contributed by atoms with Crippen molar-refractivity contribution in [3.8, 4) is 0 Å². The fraction of sp³-hybridized carbons (Fsp3) is 0.143. The summed E-state index contributed by atoms with van der Waals surface area (Å²) < 4.78 is 0. The van der Waals surface area contributed by atoms with Gasteiger partial charge in [0.2, 0.25) is 0 Å². The number of nitrogens with zero attached hydrogens (tertiary/aromatic N) is 2. The normalized spacial score (nSPS) is 10.6. The predicted octanol–water partition coefficient (Wildman–Crippen LogP) is 0.450. The minimum atomic E-state index is 0.0151. The number of hydrogen-bond donors (Lipinski definition) is 2. The molecule has 2 heterocycles. The molecule has 0 bridgehead atoms. The van der Waals surface area contributed by atoms with E-state index >= 15 is 0 Å². The van der Waals surface area contributed by atoms with Crippen LogP contribution in [-0.4, -0.2) is 20.1 Å². The van der Waals surface area contributed by atoms with E-state index in [0.29, 0.717) is 5.65 Å². The van der Waals surface area contributed by atoms with Gasteiger partial charge in [0, 0.05) is 11.8 Å². The topological polar surface area (TPSA) is 61.8 Å². The summed E-state index contributed by atoms with van der Waals surface area (Å²) in [4.78, 5) is 10.9. The first-order chi connectivity index (χ1) is 5.42. The number of aromatic amines is 1. The molecule has 2 aromatic rings. The molecule has 0 fully saturated rings. The molecule has 0 saturated heterocycles. The fourth-order valence-electron chi connectivity index (χ4n) is 1.03. The summed E-state index contributed by atoms with van der Waals surface area (Å²) in [5.41, 5.74) is 2.29. The van der Waals surface area contributed by atoms with Crippen molar-refractivity contribution in [2.24, 2.45) is 0 Å². The molecule has 0 spiro atoms. The van der Waals surface area contributed by atoms with E-state index in [4.69, 9.17) is 5.11 Å². The second-order valence-electron chi connectivity index (χ2n) is 2.23. The van der Waals surface area contributed by atoms with Gasteiger partial charge in [-0.25, -0.2) is 9.97 Å². The largest absolute Gasteiger partial charge is 0.392 e. The Morgan fingerprint density at radius 1 is 1.45 bits per heavy atom. The van der Waals surface area contributed by atoms with Gasteiger partial charge in [-0.15, -0.1) is 0 Å². The second-order valence-corrected chi connectivity index (χ2v) is 2.23. The van der Waals surface area contributed by atoms with E-state index in [2.05, 4.69) is 15.0 Å². The standard InChI is InChI=1S/C7H7N3O/c11-3-5-1-2-8-7-6(5)9-4-10-7/h1-2,4,11H,3H2,(H,8,9,10). The average Bonchev–Trinajstić information content (AvgIpc) is 2.50. The van der Waals surface area contributed by atoms with Gasteiger partial charge >= 0.3 is 0 Å². The van der Waals surface area contributed by atoms with Crippen molar-refractivity contribution in [2.45, 2.75) is 6.61 Å². The lowest BCUT2D eigenvalue weighted by molar-refractivity contribution is 0.283. The number of pyridine rings is 1. The molecule has 0 aliphatic carbocycles. The number of rotatable bonds is 1. The first kappa shape index (κ1) is 6.30. The zero-order chi connectivity index (χ0) is 7.68. The van der Waals surface area contributed by atoms with E-state index in [0.717, 1.165) is 11.1 Å². The van der Waals surface area contributed by atoms with Crippen molar-refractivity contribution in [1.82, 2.24) is 15.0 Å². The number of aliphatic hydroxyl groups excluding tert-OH is 1. The molecular formula is C7H7N3O. The molecule has 56 valence electrons. The quantitative estimate of drug-likeness (QED) is 0.618. The Kier molecular flexibility index (Phi) is 1.33. The van der Waals surface area contributed by atoms with E-state index in [-0.39, 0.29) is 6.61 Å². The number of aromatic nitrogens is 3. The molecule has 2 aromatic heterocycles. The highest BCUT2D eigenvalue weighted by molar-refractivity contribution is 5.73. The number of hydrogen-bond acceptors (Lipinski definition) is 3. The SMILES string of the molecule is OCc1ccnc2nc[nH]c12. The van der Waals surface area contributed by atoms with E-state index in [1.54, 1.807) is 18.6 Å². The molecule has 0 amide bonds. The Hall–Kier alpha value is -1.42. The smallest absolute Gasteiger partial charge is 0.177 e. The monoisotopic (exact) mass is 149 g/mol. The van der Waals surface area contributed by atoms with Crippen LogP contribution in [0, 0.1) is 0 Å². The molecule has 4 heteroatoms. The number of imidazole rings is 1. The molecule has 2 N–H and O–H groups in total. The highest BCUT2D eigenvalue weighted by Gasteiger charge is 2.00. The molecular weight excluding hydrogens is 142 g/mol. The van der Waals surface area contributed by atoms with Gasteiger partial charge in [0.25, 0.3) is 0 Å². The molecule has 0 saturated carbocycles. The Bertz CT molecular complexity index is 368. The van der Waals surface area contributed by atoms with Gasteiger partial charge in [-0.05, 0) is 6.07 Å². The van der Waals surface area contributed by atoms with Crippen LogP contribution in [0.25, 0.3) is 11.2 Å². The lowest BCUT2D eigenvalue weighted by Crippen LogP contribution is -1.86. The molecule has 2 rings (SSSR count). The van der Waals surface area contributed by atoms with Crippen molar-refractivity contribution < 1.29 is 5.11 Å². The van der Waals surface area contributed by atoms with Crippen LogP contribution in [0.3, 0.4) is 0 Å². The maximum absolute atomic E-state index is 8.88. The average molecular weight is 149 g/mol. The van der Waals surface area contributed by atoms with Crippen molar-refractivity contribution in [3.63, 3.8) is 0 Å². The lowest BCUT2D eigenvalue weighted by Gasteiger charge is -1.94. The van der Waals surface area contributed by atoms with Crippen LogP contribution in [0.2, 0.25) is 0 Å². The first-order valence-electron chi connectivity index (χ1n) is 3.29. The highest BCUT2D eigenvalue weighted by Crippen LogP contribution is 2.10. The van der Waals surface area contributed by atoms with E-state index < -0.39 is 0 Å². The third-order valence-electron chi connectivity index (χ3n) is 1.58. The number of fused-ring (bicyclic) bond motifs is 1. The molecule has 0 aliphatic rings. The van der Waals surface area contributed by atoms with Crippen molar-refractivity contribution in [3.05, 3.63) is 24.2 Å². The van der Waals surface area contributed by atoms with Crippen LogP contribution in [0.1, 0.15) is 5.56 Å². The predicted molar refractivity (Wildman–Crippen MR) is 39.8 cm³/mol. The second kappa shape index (κ2) is 2.32. The lowest BCUT2D eigenvalue weighted by atomic mass is 10.2. The summed E-state index contributed by atoms with van der Waals surface area (Å²) in [5.74, 6) is 0. The van der Waals surface area contributed by atoms with Gasteiger partial charge in [-0.1, -0.05) is 0 Å². The first-order valence-corrected chi connectivity index (χ1v) is 3.29. The van der Waals surface area contributed by atoms with E-state index in [9.17, 15) is 0 Å². The third kappa shape index (κ3) is 0.877. The highest BCUT2D eigenvalue weighted by atomic mass is 16.3. The molecule has 4 nitrogen and oxygen atoms in total. The Morgan fingerprint density at radius 3 is 3.18 bits per heavy atom. The Labute approximate surface area is 62.9 Å². The van der Waals surface area contributed by atoms with Gasteiger partial charge in [0.15, 0.2) is 5.65 Å². The van der Waals surface area contributed by atoms with Gasteiger partial charge in [0.05, 0.1) is 18.5 Å². The van der Waals surface area contributed by atoms with Gasteiger partial charge < -0.3 is 10.1 Å². The van der Waals surface area contributed by atoms with Crippen molar-refractivity contribution >= 4 is 11.2 Å². The van der Waals surface area contributed by atoms with Crippen molar-refractivity contribution in [2.75, 3.05) is 0 Å². The van der Waals surface area contributed by atoms with Crippen LogP contribution >= 0.6 is 0 Å². The Balaban J connectivity index is 2.79. The van der Waals surface area contributed by atoms with Crippen LogP contribution in [0.4, 0.5) is 0 Å². The minimum absolute atomic E-state index is 0.0151. The number of nitrogens with one attached hydrogen (secondary N) is 1. The number of aliphatic hydroxyl groups is 1. The summed E-state index contributed by atoms with van der Waals surface area (Å²) in [5, 5.41) is 8.88. The summed E-state index contributed by atoms with van der Waals surface area (Å²) in [6, 6.07) is 1.76. The summed E-state index contributed by atoms with van der Waals surface area (Å²) in [6.45, 7) is 0.0151. The summed E-state index contributed by atoms with van der Waals surface area (Å²) in [6.07, 6.45) is 3.20. The molecule has 11 heavy (non-hydrogen) atoms. The summed E-state index contributed by atoms with van der Waals surface area (Å²) >= 11 is 0. The van der Waals surface area contributed by atoms with Gasteiger partial charge in [0.1, 0.15) is 0 Å². The zero-order valence-electron chi connectivity index (χ0n) is 5.78. The molecule has 0 aromatic carbocycles. The van der Waals surface area contributed by atoms with Crippen LogP contribution in [0.5, 0.6) is 0 Å². The van der Waals surface area contributed by atoms with Crippen LogP contribution < -0.4 is 0 Å². The minimum Gasteiger partial charge on any atom is -0.392 e. The zero-order valence-corrected chi connectivity index (χ0v) is 5.78. The van der Waals surface area contributed by atoms with E-state index in [1.807, 2.05) is 0 Å². The van der Waals surface area contributed by atoms with Crippen molar-refractivity contribution in [1.29, 1.82) is 0 Å². The molecule has 0 aliphatic heterocycles. The molecule has 0 radical (unpaired) electrons.